The number of nitrogens with one attached hydrogen (secondary N) is 1. The van der Waals surface area contributed by atoms with Crippen molar-refractivity contribution < 1.29 is 26.4 Å². The van der Waals surface area contributed by atoms with Gasteiger partial charge in [0.15, 0.2) is 0 Å². The summed E-state index contributed by atoms with van der Waals surface area (Å²) >= 11 is 0. The Kier molecular flexibility index (Phi) is 7.87. The summed E-state index contributed by atoms with van der Waals surface area (Å²) in [7, 11) is -4.38. The molecule has 0 saturated heterocycles. The van der Waals surface area contributed by atoms with Gasteiger partial charge in [-0.05, 0) is 48.4 Å². The van der Waals surface area contributed by atoms with E-state index in [0.717, 1.165) is 34.9 Å². The number of hydrogen-bond donors (Lipinski definition) is 1. The molecule has 0 spiro atoms. The number of hydrogen-bond acceptors (Lipinski definition) is 3. The monoisotopic (exact) mass is 538 g/mol. The Balaban J connectivity index is 1.72. The molecule has 196 valence electrons. The van der Waals surface area contributed by atoms with Crippen LogP contribution in [0.3, 0.4) is 0 Å². The van der Waals surface area contributed by atoms with Gasteiger partial charge in [-0.25, -0.2) is 8.42 Å². The Morgan fingerprint density at radius 2 is 1.39 bits per heavy atom. The van der Waals surface area contributed by atoms with E-state index in [4.69, 9.17) is 0 Å². The molecule has 1 N–H and O–H groups in total. The number of carbonyl (C=O) groups is 1. The maximum atomic E-state index is 13.6. The number of rotatable bonds is 8. The van der Waals surface area contributed by atoms with Crippen LogP contribution in [0.4, 0.5) is 18.9 Å². The van der Waals surface area contributed by atoms with Gasteiger partial charge in [-0.2, -0.15) is 13.2 Å². The molecule has 0 fully saturated rings. The van der Waals surface area contributed by atoms with Crippen LogP contribution in [-0.2, 0) is 21.0 Å². The van der Waals surface area contributed by atoms with Crippen molar-refractivity contribution in [2.24, 2.45) is 0 Å². The Bertz CT molecular complexity index is 1490. The number of aryl methyl sites for hydroxylation is 1. The molecule has 5 nitrogen and oxygen atoms in total. The summed E-state index contributed by atoms with van der Waals surface area (Å²) in [6.07, 6.45) is -4.69. The minimum atomic E-state index is -4.69. The lowest BCUT2D eigenvalue weighted by atomic mass is 9.98. The summed E-state index contributed by atoms with van der Waals surface area (Å²) in [6.45, 7) is 1.20. The summed E-state index contributed by atoms with van der Waals surface area (Å²) in [5, 5.41) is 2.87. The van der Waals surface area contributed by atoms with Crippen LogP contribution in [-0.4, -0.2) is 20.9 Å². The molecule has 0 aromatic heterocycles. The Hall–Kier alpha value is -4.11. The number of alkyl halides is 3. The van der Waals surface area contributed by atoms with Crippen LogP contribution in [0, 0.1) is 6.92 Å². The van der Waals surface area contributed by atoms with Crippen LogP contribution in [0.1, 0.15) is 28.3 Å². The Labute approximate surface area is 219 Å². The first kappa shape index (κ1) is 26.9. The molecule has 4 aromatic carbocycles. The maximum absolute atomic E-state index is 13.6. The molecule has 0 aliphatic rings. The number of nitrogens with zero attached hydrogens (tertiary/aromatic N) is 1. The van der Waals surface area contributed by atoms with Crippen molar-refractivity contribution in [3.05, 3.63) is 131 Å². The van der Waals surface area contributed by atoms with Crippen LogP contribution >= 0.6 is 0 Å². The first-order valence-corrected chi connectivity index (χ1v) is 13.2. The molecule has 1 amide bonds. The van der Waals surface area contributed by atoms with E-state index in [1.54, 1.807) is 6.07 Å². The minimum Gasteiger partial charge on any atom is -0.344 e. The molecule has 0 saturated carbocycles. The van der Waals surface area contributed by atoms with E-state index in [-0.39, 0.29) is 10.6 Å². The third-order valence-corrected chi connectivity index (χ3v) is 7.72. The molecule has 0 bridgehead atoms. The second-order valence-electron chi connectivity index (χ2n) is 8.69. The zero-order chi connectivity index (χ0) is 27.3. The minimum absolute atomic E-state index is 0.150. The molecule has 38 heavy (non-hydrogen) atoms. The molecule has 4 rings (SSSR count). The van der Waals surface area contributed by atoms with Crippen molar-refractivity contribution >= 4 is 21.6 Å². The van der Waals surface area contributed by atoms with E-state index in [2.05, 4.69) is 5.32 Å². The van der Waals surface area contributed by atoms with Crippen molar-refractivity contribution in [1.29, 1.82) is 0 Å². The molecule has 0 aliphatic carbocycles. The highest BCUT2D eigenvalue weighted by atomic mass is 32.2. The van der Waals surface area contributed by atoms with Crippen LogP contribution < -0.4 is 9.62 Å². The molecule has 4 aromatic rings. The van der Waals surface area contributed by atoms with Gasteiger partial charge in [0.1, 0.15) is 6.54 Å². The van der Waals surface area contributed by atoms with Gasteiger partial charge >= 0.3 is 6.18 Å². The molecule has 0 radical (unpaired) electrons. The van der Waals surface area contributed by atoms with E-state index in [0.29, 0.717) is 4.31 Å². The van der Waals surface area contributed by atoms with Gasteiger partial charge in [-0.1, -0.05) is 84.4 Å². The average molecular weight is 539 g/mol. The van der Waals surface area contributed by atoms with Gasteiger partial charge in [0, 0.05) is 0 Å². The smallest absolute Gasteiger partial charge is 0.344 e. The standard InChI is InChI=1S/C29H25F3N2O3S/c1-21-15-17-23(18-16-21)28(22-9-4-2-5-10-22)33-27(35)20-34(38(36,37)26-13-6-3-7-14-26)25-12-8-11-24(19-25)29(30,31)32/h2-19,28H,20H2,1H3,(H,33,35). The SMILES string of the molecule is Cc1ccc(C(NC(=O)CN(c2cccc(C(F)(F)F)c2)S(=O)(=O)c2ccccc2)c2ccccc2)cc1. The van der Waals surface area contributed by atoms with Gasteiger partial charge in [0.2, 0.25) is 5.91 Å². The van der Waals surface area contributed by atoms with E-state index in [9.17, 15) is 26.4 Å². The quantitative estimate of drug-likeness (QED) is 0.294. The zero-order valence-corrected chi connectivity index (χ0v) is 21.2. The van der Waals surface area contributed by atoms with Crippen molar-refractivity contribution in [2.75, 3.05) is 10.8 Å². The van der Waals surface area contributed by atoms with Gasteiger partial charge in [-0.15, -0.1) is 0 Å². The van der Waals surface area contributed by atoms with Gasteiger partial charge in [-0.3, -0.25) is 9.10 Å². The van der Waals surface area contributed by atoms with E-state index >= 15 is 0 Å². The van der Waals surface area contributed by atoms with E-state index in [1.807, 2.05) is 61.5 Å². The first-order valence-electron chi connectivity index (χ1n) is 11.7. The molecule has 1 unspecified atom stereocenters. The van der Waals surface area contributed by atoms with Gasteiger partial charge < -0.3 is 5.32 Å². The average Bonchev–Trinajstić information content (AvgIpc) is 2.91. The molecule has 0 heterocycles. The number of carbonyl (C=O) groups excluding carboxylic acids is 1. The van der Waals surface area contributed by atoms with Crippen molar-refractivity contribution in [3.63, 3.8) is 0 Å². The van der Waals surface area contributed by atoms with Gasteiger partial charge in [0.05, 0.1) is 22.2 Å². The van der Waals surface area contributed by atoms with Crippen LogP contribution in [0.25, 0.3) is 0 Å². The van der Waals surface area contributed by atoms with Crippen LogP contribution in [0.15, 0.2) is 114 Å². The van der Waals surface area contributed by atoms with Crippen LogP contribution in [0.2, 0.25) is 0 Å². The first-order chi connectivity index (χ1) is 18.1. The predicted octanol–water partition coefficient (Wildman–Crippen LogP) is 6.11. The highest BCUT2D eigenvalue weighted by molar-refractivity contribution is 7.92. The fourth-order valence-electron chi connectivity index (χ4n) is 3.97. The number of amides is 1. The molecular weight excluding hydrogens is 513 g/mol. The molecule has 9 heteroatoms. The number of anilines is 1. The summed E-state index contributed by atoms with van der Waals surface area (Å²) in [5.41, 5.74) is 1.26. The lowest BCUT2D eigenvalue weighted by Crippen LogP contribution is -2.42. The van der Waals surface area contributed by atoms with Crippen LogP contribution in [0.5, 0.6) is 0 Å². The van der Waals surface area contributed by atoms with E-state index in [1.165, 1.54) is 30.3 Å². The lowest BCUT2D eigenvalue weighted by molar-refractivity contribution is -0.137. The largest absolute Gasteiger partial charge is 0.416 e. The normalized spacial score (nSPS) is 12.5. The molecular formula is C29H25F3N2O3S. The third kappa shape index (κ3) is 6.23. The third-order valence-electron chi connectivity index (χ3n) is 5.93. The topological polar surface area (TPSA) is 66.5 Å². The van der Waals surface area contributed by atoms with Crippen molar-refractivity contribution in [1.82, 2.24) is 5.32 Å². The Morgan fingerprint density at radius 3 is 2.00 bits per heavy atom. The summed E-state index contributed by atoms with van der Waals surface area (Å²) in [4.78, 5) is 13.2. The number of benzene rings is 4. The summed E-state index contributed by atoms with van der Waals surface area (Å²) < 4.78 is 68.1. The van der Waals surface area contributed by atoms with E-state index < -0.39 is 40.3 Å². The Morgan fingerprint density at radius 1 is 0.816 bits per heavy atom. The van der Waals surface area contributed by atoms with Crippen molar-refractivity contribution in [3.8, 4) is 0 Å². The zero-order valence-electron chi connectivity index (χ0n) is 20.4. The molecule has 1 atom stereocenters. The number of sulfonamides is 1. The van der Waals surface area contributed by atoms with Crippen molar-refractivity contribution in [2.45, 2.75) is 24.0 Å². The lowest BCUT2D eigenvalue weighted by Gasteiger charge is -2.26. The summed E-state index contributed by atoms with van der Waals surface area (Å²) in [6, 6.07) is 27.2. The second kappa shape index (κ2) is 11.1. The molecule has 0 aliphatic heterocycles. The fraction of sp³-hybridized carbons (Fsp3) is 0.138. The fourth-order valence-corrected chi connectivity index (χ4v) is 5.41. The number of halogens is 3. The maximum Gasteiger partial charge on any atom is 0.416 e. The highest BCUT2D eigenvalue weighted by Gasteiger charge is 2.33. The second-order valence-corrected chi connectivity index (χ2v) is 10.6. The highest BCUT2D eigenvalue weighted by Crippen LogP contribution is 2.33. The summed E-state index contributed by atoms with van der Waals surface area (Å²) in [5.74, 6) is -0.684. The van der Waals surface area contributed by atoms with Gasteiger partial charge in [0.25, 0.3) is 10.0 Å². The predicted molar refractivity (Wildman–Crippen MR) is 140 cm³/mol.